The molecule has 0 unspecified atom stereocenters. The molecule has 1 rings (SSSR count). The van der Waals surface area contributed by atoms with Crippen LogP contribution in [0, 0.1) is 6.92 Å². The zero-order chi connectivity index (χ0) is 14.8. The molecule has 0 aliphatic heterocycles. The monoisotopic (exact) mass is 285 g/mol. The van der Waals surface area contributed by atoms with Crippen LogP contribution in [-0.4, -0.2) is 21.3 Å². The first-order valence-corrected chi connectivity index (χ1v) is 7.95. The molecule has 0 saturated carbocycles. The smallest absolute Gasteiger partial charge is 0.232 e. The molecule has 0 radical (unpaired) electrons. The average molecular weight is 285 g/mol. The molecule has 4 nitrogen and oxygen atoms in total. The lowest BCUT2D eigenvalue weighted by Crippen LogP contribution is -2.18. The molecule has 1 aromatic carbocycles. The molecule has 0 aliphatic rings. The van der Waals surface area contributed by atoms with Crippen molar-refractivity contribution < 1.29 is 13.2 Å². The maximum Gasteiger partial charge on any atom is 0.232 e. The summed E-state index contributed by atoms with van der Waals surface area (Å²) in [5.41, 5.74) is 2.33. The largest absolute Gasteiger partial charge is 0.496 e. The summed E-state index contributed by atoms with van der Waals surface area (Å²) in [7, 11) is -1.64. The Labute approximate surface area is 116 Å². The van der Waals surface area contributed by atoms with Gasteiger partial charge in [0.25, 0.3) is 0 Å². The van der Waals surface area contributed by atoms with Gasteiger partial charge in [-0.15, -0.1) is 0 Å². The zero-order valence-corrected chi connectivity index (χ0v) is 13.3. The van der Waals surface area contributed by atoms with E-state index in [0.29, 0.717) is 5.69 Å². The van der Waals surface area contributed by atoms with Crippen LogP contribution >= 0.6 is 0 Å². The normalized spacial score (nSPS) is 12.3. The van der Waals surface area contributed by atoms with Crippen molar-refractivity contribution in [1.82, 2.24) is 0 Å². The van der Waals surface area contributed by atoms with Gasteiger partial charge >= 0.3 is 0 Å². The standard InChI is InChI=1S/C14H23NO3S/c1-7-19(16,17)15-12-9-11(14(3,4)5)13(18-6)8-10(12)2/h8-9,15H,7H2,1-6H3. The van der Waals surface area contributed by atoms with Gasteiger partial charge < -0.3 is 4.74 Å². The third kappa shape index (κ3) is 3.86. The number of benzene rings is 1. The third-order valence-electron chi connectivity index (χ3n) is 3.00. The fraction of sp³-hybridized carbons (Fsp3) is 0.571. The summed E-state index contributed by atoms with van der Waals surface area (Å²) in [4.78, 5) is 0. The third-order valence-corrected chi connectivity index (χ3v) is 4.29. The highest BCUT2D eigenvalue weighted by molar-refractivity contribution is 7.92. The van der Waals surface area contributed by atoms with E-state index < -0.39 is 10.0 Å². The van der Waals surface area contributed by atoms with Crippen molar-refractivity contribution in [3.63, 3.8) is 0 Å². The average Bonchev–Trinajstić information content (AvgIpc) is 2.29. The highest BCUT2D eigenvalue weighted by Gasteiger charge is 2.21. The number of aryl methyl sites for hydroxylation is 1. The van der Waals surface area contributed by atoms with Gasteiger partial charge in [0.1, 0.15) is 5.75 Å². The van der Waals surface area contributed by atoms with Crippen molar-refractivity contribution in [1.29, 1.82) is 0 Å². The second kappa shape index (κ2) is 5.41. The van der Waals surface area contributed by atoms with Crippen LogP contribution in [0.1, 0.15) is 38.8 Å². The van der Waals surface area contributed by atoms with Gasteiger partial charge in [-0.3, -0.25) is 4.72 Å². The van der Waals surface area contributed by atoms with Gasteiger partial charge in [0.05, 0.1) is 18.6 Å². The van der Waals surface area contributed by atoms with E-state index in [9.17, 15) is 8.42 Å². The fourth-order valence-electron chi connectivity index (χ4n) is 1.79. The number of hydrogen-bond donors (Lipinski definition) is 1. The summed E-state index contributed by atoms with van der Waals surface area (Å²) in [5, 5.41) is 0. The van der Waals surface area contributed by atoms with Crippen LogP contribution in [0.3, 0.4) is 0 Å². The van der Waals surface area contributed by atoms with Crippen LogP contribution in [0.5, 0.6) is 5.75 Å². The molecule has 0 atom stereocenters. The maximum atomic E-state index is 11.7. The van der Waals surface area contributed by atoms with Crippen LogP contribution in [0.15, 0.2) is 12.1 Å². The van der Waals surface area contributed by atoms with E-state index in [2.05, 4.69) is 25.5 Å². The van der Waals surface area contributed by atoms with Crippen molar-refractivity contribution in [2.75, 3.05) is 17.6 Å². The van der Waals surface area contributed by atoms with Gasteiger partial charge in [0.15, 0.2) is 0 Å². The minimum Gasteiger partial charge on any atom is -0.496 e. The van der Waals surface area contributed by atoms with Gasteiger partial charge in [-0.05, 0) is 37.0 Å². The number of nitrogens with one attached hydrogen (secondary N) is 1. The second-order valence-electron chi connectivity index (χ2n) is 5.62. The van der Waals surface area contributed by atoms with E-state index in [1.807, 2.05) is 19.1 Å². The van der Waals surface area contributed by atoms with E-state index in [0.717, 1.165) is 16.9 Å². The summed E-state index contributed by atoms with van der Waals surface area (Å²) in [5.74, 6) is 0.841. The fourth-order valence-corrected chi connectivity index (χ4v) is 2.49. The summed E-state index contributed by atoms with van der Waals surface area (Å²) >= 11 is 0. The summed E-state index contributed by atoms with van der Waals surface area (Å²) in [6, 6.07) is 3.73. The Morgan fingerprint density at radius 2 is 1.84 bits per heavy atom. The molecule has 0 heterocycles. The molecule has 0 amide bonds. The number of anilines is 1. The van der Waals surface area contributed by atoms with Gasteiger partial charge in [-0.25, -0.2) is 8.42 Å². The number of hydrogen-bond acceptors (Lipinski definition) is 3. The topological polar surface area (TPSA) is 55.4 Å². The van der Waals surface area contributed by atoms with Crippen LogP contribution in [0.2, 0.25) is 0 Å². The van der Waals surface area contributed by atoms with E-state index in [-0.39, 0.29) is 11.2 Å². The quantitative estimate of drug-likeness (QED) is 0.925. The minimum absolute atomic E-state index is 0.0588. The lowest BCUT2D eigenvalue weighted by Gasteiger charge is -2.24. The van der Waals surface area contributed by atoms with E-state index in [1.165, 1.54) is 0 Å². The van der Waals surface area contributed by atoms with E-state index in [1.54, 1.807) is 14.0 Å². The lowest BCUT2D eigenvalue weighted by atomic mass is 9.85. The highest BCUT2D eigenvalue weighted by Crippen LogP contribution is 2.35. The molecule has 0 saturated heterocycles. The first-order chi connectivity index (χ1) is 8.60. The van der Waals surface area contributed by atoms with Crippen molar-refractivity contribution in [2.45, 2.75) is 40.0 Å². The van der Waals surface area contributed by atoms with Gasteiger partial charge in [-0.2, -0.15) is 0 Å². The Kier molecular flexibility index (Phi) is 4.50. The highest BCUT2D eigenvalue weighted by atomic mass is 32.2. The van der Waals surface area contributed by atoms with Gasteiger partial charge in [0, 0.05) is 5.56 Å². The van der Waals surface area contributed by atoms with Crippen molar-refractivity contribution in [3.8, 4) is 5.75 Å². The SMILES string of the molecule is CCS(=O)(=O)Nc1cc(C(C)(C)C)c(OC)cc1C. The second-order valence-corrected chi connectivity index (χ2v) is 7.63. The van der Waals surface area contributed by atoms with Gasteiger partial charge in [-0.1, -0.05) is 20.8 Å². The van der Waals surface area contributed by atoms with Crippen LogP contribution in [0.4, 0.5) is 5.69 Å². The molecule has 108 valence electrons. The Balaban J connectivity index is 3.36. The Morgan fingerprint density at radius 3 is 2.26 bits per heavy atom. The molecule has 1 N–H and O–H groups in total. The molecule has 0 aromatic heterocycles. The van der Waals surface area contributed by atoms with E-state index >= 15 is 0 Å². The molecule has 1 aromatic rings. The van der Waals surface area contributed by atoms with Crippen LogP contribution < -0.4 is 9.46 Å². The van der Waals surface area contributed by atoms with Gasteiger partial charge in [0.2, 0.25) is 10.0 Å². The molecular weight excluding hydrogens is 262 g/mol. The maximum absolute atomic E-state index is 11.7. The van der Waals surface area contributed by atoms with E-state index in [4.69, 9.17) is 4.74 Å². The molecule has 5 heteroatoms. The lowest BCUT2D eigenvalue weighted by molar-refractivity contribution is 0.397. The first-order valence-electron chi connectivity index (χ1n) is 6.30. The van der Waals surface area contributed by atoms with Crippen molar-refractivity contribution in [2.24, 2.45) is 0 Å². The predicted molar refractivity (Wildman–Crippen MR) is 79.5 cm³/mol. The summed E-state index contributed by atoms with van der Waals surface area (Å²) in [6.07, 6.45) is 0. The Bertz CT molecular complexity index is 557. The molecule has 19 heavy (non-hydrogen) atoms. The first kappa shape index (κ1) is 15.8. The molecule has 0 spiro atoms. The molecule has 0 aliphatic carbocycles. The Hall–Kier alpha value is -1.23. The summed E-state index contributed by atoms with van der Waals surface area (Å²) in [6.45, 7) is 9.68. The number of rotatable bonds is 4. The zero-order valence-electron chi connectivity index (χ0n) is 12.5. The number of methoxy groups -OCH3 is 1. The molecule has 0 fully saturated rings. The Morgan fingerprint density at radius 1 is 1.26 bits per heavy atom. The van der Waals surface area contributed by atoms with Crippen LogP contribution in [-0.2, 0) is 15.4 Å². The summed E-state index contributed by atoms with van der Waals surface area (Å²) < 4.78 is 31.4. The molecular formula is C14H23NO3S. The predicted octanol–water partition coefficient (Wildman–Crippen LogP) is 3.06. The van der Waals surface area contributed by atoms with Crippen molar-refractivity contribution >= 4 is 15.7 Å². The van der Waals surface area contributed by atoms with Crippen LogP contribution in [0.25, 0.3) is 0 Å². The molecule has 0 bridgehead atoms. The number of sulfonamides is 1. The number of ether oxygens (including phenoxy) is 1. The van der Waals surface area contributed by atoms with Crippen molar-refractivity contribution in [3.05, 3.63) is 23.3 Å². The minimum atomic E-state index is -3.27.